The quantitative estimate of drug-likeness (QED) is 0.806. The van der Waals surface area contributed by atoms with E-state index in [-0.39, 0.29) is 21.9 Å². The second kappa shape index (κ2) is 5.92. The molecular weight excluding hydrogens is 283 g/mol. The lowest BCUT2D eigenvalue weighted by molar-refractivity contribution is 0.103. The normalized spacial score (nSPS) is 10.2. The van der Waals surface area contributed by atoms with E-state index >= 15 is 0 Å². The molecule has 0 saturated carbocycles. The number of benzene rings is 2. The summed E-state index contributed by atoms with van der Waals surface area (Å²) in [6.07, 6.45) is 0. The van der Waals surface area contributed by atoms with Crippen LogP contribution in [0.3, 0.4) is 0 Å². The molecule has 0 atom stereocenters. The zero-order chi connectivity index (χ0) is 14.7. The average molecular weight is 295 g/mol. The first-order valence-corrected chi connectivity index (χ1v) is 6.17. The lowest BCUT2D eigenvalue weighted by Gasteiger charge is -2.12. The van der Waals surface area contributed by atoms with Crippen LogP contribution in [0.15, 0.2) is 36.4 Å². The second-order valence-electron chi connectivity index (χ2n) is 3.99. The summed E-state index contributed by atoms with van der Waals surface area (Å²) in [4.78, 5) is 12.4. The Bertz CT molecular complexity index is 656. The van der Waals surface area contributed by atoms with Crippen molar-refractivity contribution >= 4 is 17.4 Å². The minimum Gasteiger partial charge on any atom is -0.493 e. The minimum atomic E-state index is -0.674. The van der Waals surface area contributed by atoms with E-state index in [1.165, 1.54) is 26.4 Å². The van der Waals surface area contributed by atoms with Crippen LogP contribution < -0.4 is 9.47 Å². The molecule has 0 saturated heterocycles. The zero-order valence-corrected chi connectivity index (χ0v) is 11.7. The van der Waals surface area contributed by atoms with Gasteiger partial charge in [0.15, 0.2) is 17.3 Å². The molecule has 0 radical (unpaired) electrons. The third kappa shape index (κ3) is 2.60. The summed E-state index contributed by atoms with van der Waals surface area (Å²) in [7, 11) is 2.89. The predicted octanol–water partition coefficient (Wildman–Crippen LogP) is 3.73. The number of hydrogen-bond donors (Lipinski definition) is 0. The standard InChI is InChI=1S/C15H12ClFO3/c1-19-13-5-3-4-11(15(13)20-2)14(18)10-7-6-9(16)8-12(10)17/h3-8H,1-2H3. The Hall–Kier alpha value is -2.07. The summed E-state index contributed by atoms with van der Waals surface area (Å²) in [5.41, 5.74) is 0.161. The highest BCUT2D eigenvalue weighted by Crippen LogP contribution is 2.32. The maximum absolute atomic E-state index is 13.8. The summed E-state index contributed by atoms with van der Waals surface area (Å²) >= 11 is 5.68. The van der Waals surface area contributed by atoms with Crippen LogP contribution in [-0.4, -0.2) is 20.0 Å². The van der Waals surface area contributed by atoms with Crippen LogP contribution in [0.4, 0.5) is 4.39 Å². The molecule has 0 unspecified atom stereocenters. The molecule has 0 aliphatic rings. The molecule has 0 amide bonds. The molecule has 2 aromatic rings. The molecule has 0 heterocycles. The van der Waals surface area contributed by atoms with Gasteiger partial charge in [-0.15, -0.1) is 0 Å². The van der Waals surface area contributed by atoms with Crippen molar-refractivity contribution in [3.8, 4) is 11.5 Å². The topological polar surface area (TPSA) is 35.5 Å². The molecule has 0 aromatic heterocycles. The molecule has 0 fully saturated rings. The number of para-hydroxylation sites is 1. The van der Waals surface area contributed by atoms with Crippen LogP contribution in [0.5, 0.6) is 11.5 Å². The largest absolute Gasteiger partial charge is 0.493 e. The van der Waals surface area contributed by atoms with Crippen molar-refractivity contribution in [1.29, 1.82) is 0 Å². The summed E-state index contributed by atoms with van der Waals surface area (Å²) in [6.45, 7) is 0. The number of hydrogen-bond acceptors (Lipinski definition) is 3. The third-order valence-electron chi connectivity index (χ3n) is 2.82. The van der Waals surface area contributed by atoms with E-state index in [1.807, 2.05) is 0 Å². The van der Waals surface area contributed by atoms with Gasteiger partial charge in [0.05, 0.1) is 25.3 Å². The van der Waals surface area contributed by atoms with Crippen molar-refractivity contribution in [2.45, 2.75) is 0 Å². The van der Waals surface area contributed by atoms with Gasteiger partial charge in [0, 0.05) is 5.02 Å². The SMILES string of the molecule is COc1cccc(C(=O)c2ccc(Cl)cc2F)c1OC. The number of ether oxygens (including phenoxy) is 2. The fourth-order valence-corrected chi connectivity index (χ4v) is 2.04. The summed E-state index contributed by atoms with van der Waals surface area (Å²) in [6, 6.07) is 8.76. The van der Waals surface area contributed by atoms with Gasteiger partial charge in [0.25, 0.3) is 0 Å². The lowest BCUT2D eigenvalue weighted by atomic mass is 10.0. The molecule has 0 aliphatic carbocycles. The number of rotatable bonds is 4. The Labute approximate surface area is 120 Å². The van der Waals surface area contributed by atoms with Crippen molar-refractivity contribution in [2.24, 2.45) is 0 Å². The highest BCUT2D eigenvalue weighted by molar-refractivity contribution is 6.30. The Morgan fingerprint density at radius 2 is 1.85 bits per heavy atom. The Balaban J connectivity index is 2.53. The number of carbonyl (C=O) groups excluding carboxylic acids is 1. The van der Waals surface area contributed by atoms with Crippen molar-refractivity contribution < 1.29 is 18.7 Å². The monoisotopic (exact) mass is 294 g/mol. The molecule has 0 bridgehead atoms. The number of methoxy groups -OCH3 is 2. The van der Waals surface area contributed by atoms with Gasteiger partial charge in [-0.05, 0) is 30.3 Å². The molecule has 0 spiro atoms. The van der Waals surface area contributed by atoms with Crippen LogP contribution in [0, 0.1) is 5.82 Å². The molecule has 104 valence electrons. The average Bonchev–Trinajstić information content (AvgIpc) is 2.45. The van der Waals surface area contributed by atoms with Crippen LogP contribution in [-0.2, 0) is 0 Å². The maximum atomic E-state index is 13.8. The summed E-state index contributed by atoms with van der Waals surface area (Å²) in [5.74, 6) is -0.482. The molecule has 2 aromatic carbocycles. The summed E-state index contributed by atoms with van der Waals surface area (Å²) in [5, 5.41) is 0.233. The second-order valence-corrected chi connectivity index (χ2v) is 4.43. The molecular formula is C15H12ClFO3. The number of carbonyl (C=O) groups is 1. The van der Waals surface area contributed by atoms with Gasteiger partial charge in [0.2, 0.25) is 0 Å². The molecule has 3 nitrogen and oxygen atoms in total. The zero-order valence-electron chi connectivity index (χ0n) is 10.9. The van der Waals surface area contributed by atoms with Gasteiger partial charge >= 0.3 is 0 Å². The van der Waals surface area contributed by atoms with E-state index in [4.69, 9.17) is 21.1 Å². The van der Waals surface area contributed by atoms with Crippen LogP contribution in [0.2, 0.25) is 5.02 Å². The van der Waals surface area contributed by atoms with E-state index in [1.54, 1.807) is 18.2 Å². The molecule has 0 N–H and O–H groups in total. The molecule has 5 heteroatoms. The minimum absolute atomic E-state index is 0.0686. The highest BCUT2D eigenvalue weighted by atomic mass is 35.5. The van der Waals surface area contributed by atoms with Gasteiger partial charge in [-0.1, -0.05) is 17.7 Å². The first-order chi connectivity index (χ1) is 9.58. The van der Waals surface area contributed by atoms with Crippen molar-refractivity contribution in [2.75, 3.05) is 14.2 Å². The third-order valence-corrected chi connectivity index (χ3v) is 3.06. The van der Waals surface area contributed by atoms with E-state index in [0.29, 0.717) is 5.75 Å². The predicted molar refractivity (Wildman–Crippen MR) is 74.4 cm³/mol. The van der Waals surface area contributed by atoms with E-state index in [0.717, 1.165) is 6.07 Å². The van der Waals surface area contributed by atoms with E-state index in [9.17, 15) is 9.18 Å². The summed E-state index contributed by atoms with van der Waals surface area (Å²) < 4.78 is 24.1. The maximum Gasteiger partial charge on any atom is 0.199 e. The van der Waals surface area contributed by atoms with Gasteiger partial charge in [-0.25, -0.2) is 4.39 Å². The van der Waals surface area contributed by atoms with Crippen molar-refractivity contribution in [1.82, 2.24) is 0 Å². The Kier molecular flexibility index (Phi) is 4.25. The van der Waals surface area contributed by atoms with Crippen LogP contribution in [0.1, 0.15) is 15.9 Å². The fraction of sp³-hybridized carbons (Fsp3) is 0.133. The van der Waals surface area contributed by atoms with E-state index < -0.39 is 11.6 Å². The van der Waals surface area contributed by atoms with Gasteiger partial charge in [-0.3, -0.25) is 4.79 Å². The van der Waals surface area contributed by atoms with Crippen LogP contribution >= 0.6 is 11.6 Å². The van der Waals surface area contributed by atoms with Crippen LogP contribution in [0.25, 0.3) is 0 Å². The Morgan fingerprint density at radius 3 is 2.45 bits per heavy atom. The van der Waals surface area contributed by atoms with Gasteiger partial charge in [0.1, 0.15) is 5.82 Å². The van der Waals surface area contributed by atoms with E-state index in [2.05, 4.69) is 0 Å². The number of halogens is 2. The van der Waals surface area contributed by atoms with Gasteiger partial charge < -0.3 is 9.47 Å². The van der Waals surface area contributed by atoms with Crippen molar-refractivity contribution in [3.63, 3.8) is 0 Å². The first kappa shape index (κ1) is 14.3. The first-order valence-electron chi connectivity index (χ1n) is 5.79. The van der Waals surface area contributed by atoms with Crippen molar-refractivity contribution in [3.05, 3.63) is 58.4 Å². The molecule has 20 heavy (non-hydrogen) atoms. The highest BCUT2D eigenvalue weighted by Gasteiger charge is 2.20. The fourth-order valence-electron chi connectivity index (χ4n) is 1.88. The number of ketones is 1. The molecule has 0 aliphatic heterocycles. The van der Waals surface area contributed by atoms with Gasteiger partial charge in [-0.2, -0.15) is 0 Å². The Morgan fingerprint density at radius 1 is 1.10 bits per heavy atom. The smallest absolute Gasteiger partial charge is 0.199 e. The lowest BCUT2D eigenvalue weighted by Crippen LogP contribution is -2.07. The molecule has 2 rings (SSSR count).